The second-order valence-electron chi connectivity index (χ2n) is 5.71. The lowest BCUT2D eigenvalue weighted by atomic mass is 10.1. The number of alkyl halides is 3. The molecule has 0 N–H and O–H groups in total. The fourth-order valence-corrected chi connectivity index (χ4v) is 3.67. The van der Waals surface area contributed by atoms with Gasteiger partial charge in [-0.3, -0.25) is 4.98 Å². The monoisotopic (exact) mass is 359 g/mol. The van der Waals surface area contributed by atoms with Gasteiger partial charge in [0.1, 0.15) is 0 Å². The number of fused-ring (bicyclic) bond motifs is 1. The molecule has 1 aliphatic rings. The van der Waals surface area contributed by atoms with E-state index in [1.54, 1.807) is 6.07 Å². The van der Waals surface area contributed by atoms with Gasteiger partial charge in [0.05, 0.1) is 17.3 Å². The van der Waals surface area contributed by atoms with Gasteiger partial charge in [-0.2, -0.15) is 17.5 Å². The van der Waals surface area contributed by atoms with Gasteiger partial charge in [0.2, 0.25) is 10.0 Å². The van der Waals surface area contributed by atoms with Crippen LogP contribution in [0.3, 0.4) is 0 Å². The molecule has 2 aromatic rings. The summed E-state index contributed by atoms with van der Waals surface area (Å²) in [7, 11) is -3.23. The molecule has 0 spiro atoms. The van der Waals surface area contributed by atoms with Crippen molar-refractivity contribution in [2.24, 2.45) is 0 Å². The molecule has 2 heterocycles. The molecule has 0 radical (unpaired) electrons. The molecule has 1 aliphatic heterocycles. The number of rotatable bonds is 2. The summed E-state index contributed by atoms with van der Waals surface area (Å²) in [4.78, 5) is 6.00. The van der Waals surface area contributed by atoms with Crippen LogP contribution in [0.4, 0.5) is 18.9 Å². The zero-order valence-corrected chi connectivity index (χ0v) is 13.7. The molecular formula is C15H16F3N3O2S. The number of aromatic nitrogens is 1. The van der Waals surface area contributed by atoms with E-state index in [1.165, 1.54) is 22.8 Å². The average molecular weight is 359 g/mol. The van der Waals surface area contributed by atoms with Crippen molar-refractivity contribution < 1.29 is 21.6 Å². The maximum absolute atomic E-state index is 12.8. The Bertz CT molecular complexity index is 860. The fraction of sp³-hybridized carbons (Fsp3) is 0.400. The van der Waals surface area contributed by atoms with Crippen molar-refractivity contribution in [3.8, 4) is 0 Å². The molecule has 3 rings (SSSR count). The first-order valence-electron chi connectivity index (χ1n) is 7.32. The van der Waals surface area contributed by atoms with E-state index in [1.807, 2.05) is 4.90 Å². The lowest BCUT2D eigenvalue weighted by Gasteiger charge is -2.35. The second kappa shape index (κ2) is 5.89. The van der Waals surface area contributed by atoms with Crippen molar-refractivity contribution in [3.63, 3.8) is 0 Å². The van der Waals surface area contributed by atoms with Gasteiger partial charge in [-0.05, 0) is 18.2 Å². The molecule has 1 saturated heterocycles. The number of anilines is 1. The molecule has 130 valence electrons. The highest BCUT2D eigenvalue weighted by Crippen LogP contribution is 2.33. The van der Waals surface area contributed by atoms with Crippen molar-refractivity contribution >= 4 is 26.6 Å². The predicted octanol–water partition coefficient (Wildman–Crippen LogP) is 2.34. The molecule has 0 saturated carbocycles. The van der Waals surface area contributed by atoms with Crippen LogP contribution < -0.4 is 4.90 Å². The average Bonchev–Trinajstić information content (AvgIpc) is 2.52. The van der Waals surface area contributed by atoms with Crippen LogP contribution in [0.25, 0.3) is 10.9 Å². The predicted molar refractivity (Wildman–Crippen MR) is 85.4 cm³/mol. The summed E-state index contributed by atoms with van der Waals surface area (Å²) in [5.41, 5.74) is 0.302. The van der Waals surface area contributed by atoms with Gasteiger partial charge < -0.3 is 4.90 Å². The molecule has 0 amide bonds. The van der Waals surface area contributed by atoms with Crippen LogP contribution in [0.5, 0.6) is 0 Å². The van der Waals surface area contributed by atoms with Crippen LogP contribution in [0.2, 0.25) is 0 Å². The van der Waals surface area contributed by atoms with Gasteiger partial charge in [-0.15, -0.1) is 0 Å². The Morgan fingerprint density at radius 1 is 1.08 bits per heavy atom. The molecule has 24 heavy (non-hydrogen) atoms. The lowest BCUT2D eigenvalue weighted by molar-refractivity contribution is -0.137. The smallest absolute Gasteiger partial charge is 0.368 e. The maximum Gasteiger partial charge on any atom is 0.416 e. The summed E-state index contributed by atoms with van der Waals surface area (Å²) in [5.74, 6) is 0. The third-order valence-electron chi connectivity index (χ3n) is 4.10. The fourth-order valence-electron chi connectivity index (χ4n) is 2.85. The molecule has 5 nitrogen and oxygen atoms in total. The van der Waals surface area contributed by atoms with Crippen molar-refractivity contribution in [2.45, 2.75) is 6.18 Å². The minimum Gasteiger partial charge on any atom is -0.368 e. The first kappa shape index (κ1) is 17.0. The second-order valence-corrected chi connectivity index (χ2v) is 7.69. The van der Waals surface area contributed by atoms with Gasteiger partial charge >= 0.3 is 6.18 Å². The minimum atomic E-state index is -4.41. The Kier molecular flexibility index (Phi) is 4.16. The number of nitrogens with zero attached hydrogens (tertiary/aromatic N) is 3. The number of benzene rings is 1. The number of hydrogen-bond acceptors (Lipinski definition) is 4. The third kappa shape index (κ3) is 3.32. The van der Waals surface area contributed by atoms with Crippen LogP contribution in [0.1, 0.15) is 5.56 Å². The number of piperazine rings is 1. The maximum atomic E-state index is 12.8. The highest BCUT2D eigenvalue weighted by Gasteiger charge is 2.31. The number of halogens is 3. The van der Waals surface area contributed by atoms with Crippen LogP contribution >= 0.6 is 0 Å². The standard InChI is InChI=1S/C15H16F3N3O2S/c1-24(22,23)21-8-6-20(7-9-21)14-4-5-19-13-10-11(15(16,17)18)2-3-12(13)14/h2-5,10H,6-9H2,1H3. The molecule has 1 aromatic heterocycles. The van der Waals surface area contributed by atoms with Crippen LogP contribution in [-0.4, -0.2) is 50.1 Å². The van der Waals surface area contributed by atoms with Gasteiger partial charge in [-0.1, -0.05) is 6.07 Å². The molecule has 0 atom stereocenters. The van der Waals surface area contributed by atoms with E-state index >= 15 is 0 Å². The Hall–Kier alpha value is -1.87. The summed E-state index contributed by atoms with van der Waals surface area (Å²) in [6.45, 7) is 1.66. The summed E-state index contributed by atoms with van der Waals surface area (Å²) < 4.78 is 63.0. The van der Waals surface area contributed by atoms with Crippen molar-refractivity contribution in [2.75, 3.05) is 37.3 Å². The SMILES string of the molecule is CS(=O)(=O)N1CCN(c2ccnc3cc(C(F)(F)F)ccc23)CC1. The number of pyridine rings is 1. The molecule has 0 bridgehead atoms. The van der Waals surface area contributed by atoms with Gasteiger partial charge in [-0.25, -0.2) is 8.42 Å². The normalized spacial score (nSPS) is 17.4. The molecule has 0 unspecified atom stereocenters. The van der Waals surface area contributed by atoms with Crippen molar-refractivity contribution in [1.29, 1.82) is 0 Å². The summed E-state index contributed by atoms with van der Waals surface area (Å²) >= 11 is 0. The molecular weight excluding hydrogens is 343 g/mol. The van der Waals surface area contributed by atoms with Crippen LogP contribution in [0.15, 0.2) is 30.5 Å². The molecule has 0 aliphatic carbocycles. The van der Waals surface area contributed by atoms with Crippen molar-refractivity contribution in [3.05, 3.63) is 36.0 Å². The Morgan fingerprint density at radius 2 is 1.75 bits per heavy atom. The van der Waals surface area contributed by atoms with Gasteiger partial charge in [0, 0.05) is 43.4 Å². The van der Waals surface area contributed by atoms with E-state index in [4.69, 9.17) is 0 Å². The van der Waals surface area contributed by atoms with Gasteiger partial charge in [0.15, 0.2) is 0 Å². The van der Waals surface area contributed by atoms with E-state index < -0.39 is 21.8 Å². The lowest BCUT2D eigenvalue weighted by Crippen LogP contribution is -2.48. The largest absolute Gasteiger partial charge is 0.416 e. The highest BCUT2D eigenvalue weighted by molar-refractivity contribution is 7.88. The Balaban J connectivity index is 1.91. The van der Waals surface area contributed by atoms with Crippen molar-refractivity contribution in [1.82, 2.24) is 9.29 Å². The van der Waals surface area contributed by atoms with E-state index in [-0.39, 0.29) is 5.52 Å². The minimum absolute atomic E-state index is 0.271. The summed E-state index contributed by atoms with van der Waals surface area (Å²) in [5, 5.41) is 0.623. The molecule has 1 fully saturated rings. The van der Waals surface area contributed by atoms with Crippen LogP contribution in [-0.2, 0) is 16.2 Å². The first-order valence-corrected chi connectivity index (χ1v) is 9.17. The topological polar surface area (TPSA) is 53.5 Å². The zero-order valence-electron chi connectivity index (χ0n) is 12.9. The summed E-state index contributed by atoms with van der Waals surface area (Å²) in [6, 6.07) is 5.24. The Morgan fingerprint density at radius 3 is 2.33 bits per heavy atom. The van der Waals surface area contributed by atoms with E-state index in [9.17, 15) is 21.6 Å². The zero-order chi connectivity index (χ0) is 17.5. The van der Waals surface area contributed by atoms with E-state index in [0.717, 1.165) is 17.8 Å². The van der Waals surface area contributed by atoms with E-state index in [2.05, 4.69) is 4.98 Å². The first-order chi connectivity index (χ1) is 11.2. The third-order valence-corrected chi connectivity index (χ3v) is 5.40. The molecule has 9 heteroatoms. The van der Waals surface area contributed by atoms with Gasteiger partial charge in [0.25, 0.3) is 0 Å². The quantitative estimate of drug-likeness (QED) is 0.826. The Labute approximate surface area is 137 Å². The molecule has 1 aromatic carbocycles. The van der Waals surface area contributed by atoms with E-state index in [0.29, 0.717) is 31.6 Å². The summed E-state index contributed by atoms with van der Waals surface area (Å²) in [6.07, 6.45) is -1.77. The highest BCUT2D eigenvalue weighted by atomic mass is 32.2. The number of hydrogen-bond donors (Lipinski definition) is 0. The van der Waals surface area contributed by atoms with Crippen LogP contribution in [0, 0.1) is 0 Å². The number of sulfonamides is 1.